The Labute approximate surface area is 180 Å². The van der Waals surface area contributed by atoms with Crippen LogP contribution in [-0.4, -0.2) is 22.6 Å². The number of rotatable bonds is 4. The lowest BCUT2D eigenvalue weighted by molar-refractivity contribution is 0.102. The summed E-state index contributed by atoms with van der Waals surface area (Å²) >= 11 is 0. The van der Waals surface area contributed by atoms with Gasteiger partial charge in [-0.2, -0.15) is 4.98 Å². The Balaban J connectivity index is 1.32. The van der Waals surface area contributed by atoms with E-state index in [1.165, 1.54) is 11.1 Å². The van der Waals surface area contributed by atoms with E-state index in [0.29, 0.717) is 23.0 Å². The smallest absolute Gasteiger partial charge is 0.255 e. The molecule has 1 amide bonds. The predicted octanol–water partition coefficient (Wildman–Crippen LogP) is 4.86. The van der Waals surface area contributed by atoms with Crippen molar-refractivity contribution in [2.75, 3.05) is 16.8 Å². The Bertz CT molecular complexity index is 1230. The number of aryl methyl sites for hydroxylation is 1. The van der Waals surface area contributed by atoms with Gasteiger partial charge in [-0.3, -0.25) is 4.79 Å². The molecule has 0 bridgehead atoms. The van der Waals surface area contributed by atoms with Gasteiger partial charge in [-0.25, -0.2) is 0 Å². The average Bonchev–Trinajstić information content (AvgIpc) is 3.25. The van der Waals surface area contributed by atoms with E-state index in [0.717, 1.165) is 30.8 Å². The van der Waals surface area contributed by atoms with Crippen molar-refractivity contribution < 1.29 is 9.32 Å². The molecule has 154 valence electrons. The molecule has 0 radical (unpaired) electrons. The first-order valence-electron chi connectivity index (χ1n) is 10.3. The van der Waals surface area contributed by atoms with E-state index in [1.54, 1.807) is 6.92 Å². The van der Waals surface area contributed by atoms with Gasteiger partial charge in [0.25, 0.3) is 5.91 Å². The fraction of sp³-hybridized carbons (Fsp3) is 0.160. The Morgan fingerprint density at radius 1 is 0.968 bits per heavy atom. The Morgan fingerprint density at radius 3 is 2.48 bits per heavy atom. The molecule has 1 N–H and O–H groups in total. The number of aromatic nitrogens is 2. The van der Waals surface area contributed by atoms with Gasteiger partial charge in [0.15, 0.2) is 0 Å². The molecule has 2 heterocycles. The minimum Gasteiger partial charge on any atom is -0.367 e. The summed E-state index contributed by atoms with van der Waals surface area (Å²) in [5.74, 6) is 0.754. The van der Waals surface area contributed by atoms with Crippen LogP contribution in [0.1, 0.15) is 27.4 Å². The maximum Gasteiger partial charge on any atom is 0.255 e. The minimum absolute atomic E-state index is 0.178. The molecule has 4 aromatic rings. The molecule has 1 aromatic heterocycles. The highest BCUT2D eigenvalue weighted by molar-refractivity contribution is 6.06. The first-order chi connectivity index (χ1) is 15.2. The molecule has 3 aromatic carbocycles. The van der Waals surface area contributed by atoms with Crippen LogP contribution in [0.4, 0.5) is 11.4 Å². The van der Waals surface area contributed by atoms with Crippen molar-refractivity contribution in [3.05, 3.63) is 95.4 Å². The molecular formula is C25H22N4O2. The third-order valence-corrected chi connectivity index (χ3v) is 5.57. The predicted molar refractivity (Wildman–Crippen MR) is 120 cm³/mol. The number of nitrogens with one attached hydrogen (secondary N) is 1. The number of benzene rings is 3. The lowest BCUT2D eigenvalue weighted by atomic mass is 9.99. The molecule has 0 fully saturated rings. The monoisotopic (exact) mass is 410 g/mol. The summed E-state index contributed by atoms with van der Waals surface area (Å²) in [7, 11) is 0. The summed E-state index contributed by atoms with van der Waals surface area (Å²) in [6.07, 6.45) is 1.03. The van der Waals surface area contributed by atoms with Crippen LogP contribution in [0.15, 0.2) is 77.3 Å². The number of para-hydroxylation sites is 1. The first kappa shape index (κ1) is 19.1. The number of carbonyl (C=O) groups is 1. The topological polar surface area (TPSA) is 71.3 Å². The van der Waals surface area contributed by atoms with Crippen LogP contribution in [0.3, 0.4) is 0 Å². The second-order valence-electron chi connectivity index (χ2n) is 7.62. The second-order valence-corrected chi connectivity index (χ2v) is 7.62. The van der Waals surface area contributed by atoms with Gasteiger partial charge in [0.2, 0.25) is 11.7 Å². The second kappa shape index (κ2) is 8.07. The van der Waals surface area contributed by atoms with Crippen LogP contribution in [-0.2, 0) is 13.0 Å². The van der Waals surface area contributed by atoms with Crippen molar-refractivity contribution in [2.24, 2.45) is 0 Å². The van der Waals surface area contributed by atoms with E-state index in [4.69, 9.17) is 4.52 Å². The molecule has 0 spiro atoms. The molecule has 5 rings (SSSR count). The molecule has 0 saturated carbocycles. The minimum atomic E-state index is -0.178. The third kappa shape index (κ3) is 3.92. The van der Waals surface area contributed by atoms with Gasteiger partial charge in [-0.05, 0) is 53.9 Å². The van der Waals surface area contributed by atoms with Crippen molar-refractivity contribution in [2.45, 2.75) is 19.9 Å². The van der Waals surface area contributed by atoms with E-state index < -0.39 is 0 Å². The van der Waals surface area contributed by atoms with Gasteiger partial charge < -0.3 is 14.7 Å². The summed E-state index contributed by atoms with van der Waals surface area (Å²) in [4.78, 5) is 19.5. The van der Waals surface area contributed by atoms with E-state index in [9.17, 15) is 4.79 Å². The number of fused-ring (bicyclic) bond motifs is 1. The average molecular weight is 410 g/mol. The number of anilines is 2. The molecule has 1 aliphatic heterocycles. The van der Waals surface area contributed by atoms with Crippen LogP contribution in [0.2, 0.25) is 0 Å². The van der Waals surface area contributed by atoms with Gasteiger partial charge in [0.1, 0.15) is 0 Å². The van der Waals surface area contributed by atoms with Crippen LogP contribution in [0.5, 0.6) is 0 Å². The van der Waals surface area contributed by atoms with Gasteiger partial charge in [-0.15, -0.1) is 0 Å². The summed E-state index contributed by atoms with van der Waals surface area (Å²) in [6, 6.07) is 23.8. The highest BCUT2D eigenvalue weighted by Gasteiger charge is 2.17. The Morgan fingerprint density at radius 2 is 1.71 bits per heavy atom. The normalized spacial score (nSPS) is 13.0. The molecule has 6 heteroatoms. The molecule has 31 heavy (non-hydrogen) atoms. The standard InChI is InChI=1S/C25H22N4O2/c1-17-26-24(28-31-17)22-8-4-5-9-23(22)27-25(30)19-10-12-21(13-11-19)29-15-14-18-6-2-3-7-20(18)16-29/h2-13H,14-16H2,1H3,(H,27,30). The zero-order valence-corrected chi connectivity index (χ0v) is 17.2. The van der Waals surface area contributed by atoms with E-state index in [2.05, 4.69) is 44.6 Å². The summed E-state index contributed by atoms with van der Waals surface area (Å²) in [5.41, 5.74) is 5.87. The van der Waals surface area contributed by atoms with Crippen molar-refractivity contribution in [3.63, 3.8) is 0 Å². The Kier molecular flexibility index (Phi) is 4.96. The van der Waals surface area contributed by atoms with Crippen molar-refractivity contribution in [1.82, 2.24) is 10.1 Å². The summed E-state index contributed by atoms with van der Waals surface area (Å²) in [6.45, 7) is 3.60. The molecule has 0 aliphatic carbocycles. The number of hydrogen-bond donors (Lipinski definition) is 1. The molecule has 6 nitrogen and oxygen atoms in total. The van der Waals surface area contributed by atoms with E-state index in [-0.39, 0.29) is 5.91 Å². The quantitative estimate of drug-likeness (QED) is 0.520. The molecule has 1 aliphatic rings. The Hall–Kier alpha value is -3.93. The highest BCUT2D eigenvalue weighted by atomic mass is 16.5. The SMILES string of the molecule is Cc1nc(-c2ccccc2NC(=O)c2ccc(N3CCc4ccccc4C3)cc2)no1. The first-order valence-corrected chi connectivity index (χ1v) is 10.3. The van der Waals surface area contributed by atoms with Gasteiger partial charge >= 0.3 is 0 Å². The van der Waals surface area contributed by atoms with Crippen LogP contribution in [0.25, 0.3) is 11.4 Å². The van der Waals surface area contributed by atoms with E-state index in [1.807, 2.05) is 48.5 Å². The third-order valence-electron chi connectivity index (χ3n) is 5.57. The number of nitrogens with zero attached hydrogens (tertiary/aromatic N) is 3. The van der Waals surface area contributed by atoms with Gasteiger partial charge in [-0.1, -0.05) is 41.6 Å². The van der Waals surface area contributed by atoms with Crippen LogP contribution in [0, 0.1) is 6.92 Å². The molecule has 0 atom stereocenters. The van der Waals surface area contributed by atoms with Gasteiger partial charge in [0, 0.05) is 36.8 Å². The zero-order valence-electron chi connectivity index (χ0n) is 17.2. The summed E-state index contributed by atoms with van der Waals surface area (Å²) < 4.78 is 5.08. The molecule has 0 unspecified atom stereocenters. The largest absolute Gasteiger partial charge is 0.367 e. The van der Waals surface area contributed by atoms with Crippen molar-refractivity contribution in [1.29, 1.82) is 0 Å². The fourth-order valence-electron chi connectivity index (χ4n) is 3.93. The lowest BCUT2D eigenvalue weighted by Gasteiger charge is -2.30. The fourth-order valence-corrected chi connectivity index (χ4v) is 3.93. The number of amides is 1. The lowest BCUT2D eigenvalue weighted by Crippen LogP contribution is -2.30. The maximum absolute atomic E-state index is 12.9. The number of carbonyl (C=O) groups excluding carboxylic acids is 1. The highest BCUT2D eigenvalue weighted by Crippen LogP contribution is 2.27. The number of hydrogen-bond acceptors (Lipinski definition) is 5. The van der Waals surface area contributed by atoms with E-state index >= 15 is 0 Å². The molecular weight excluding hydrogens is 388 g/mol. The van der Waals surface area contributed by atoms with Crippen molar-refractivity contribution in [3.8, 4) is 11.4 Å². The molecule has 0 saturated heterocycles. The van der Waals surface area contributed by atoms with Gasteiger partial charge in [0.05, 0.1) is 5.69 Å². The zero-order chi connectivity index (χ0) is 21.2. The van der Waals surface area contributed by atoms with Crippen LogP contribution < -0.4 is 10.2 Å². The van der Waals surface area contributed by atoms with Crippen molar-refractivity contribution >= 4 is 17.3 Å². The summed E-state index contributed by atoms with van der Waals surface area (Å²) in [5, 5.41) is 6.94. The van der Waals surface area contributed by atoms with Crippen LogP contribution >= 0.6 is 0 Å². The maximum atomic E-state index is 12.9.